The summed E-state index contributed by atoms with van der Waals surface area (Å²) in [6, 6.07) is 4.63. The van der Waals surface area contributed by atoms with Crippen LogP contribution in [-0.2, 0) is 4.74 Å². The summed E-state index contributed by atoms with van der Waals surface area (Å²) in [5.41, 5.74) is 6.30. The van der Waals surface area contributed by atoms with E-state index in [2.05, 4.69) is 0 Å². The quantitative estimate of drug-likeness (QED) is 0.640. The Balaban J connectivity index is 2.08. The fourth-order valence-corrected chi connectivity index (χ4v) is 2.48. The lowest BCUT2D eigenvalue weighted by molar-refractivity contribution is 0.0570. The van der Waals surface area contributed by atoms with E-state index in [1.54, 1.807) is 19.2 Å². The van der Waals surface area contributed by atoms with Crippen molar-refractivity contribution in [3.63, 3.8) is 0 Å². The molecule has 1 amide bonds. The van der Waals surface area contributed by atoms with Gasteiger partial charge >= 0.3 is 0 Å². The number of rotatable bonds is 3. The van der Waals surface area contributed by atoms with Crippen LogP contribution >= 0.6 is 0 Å². The lowest BCUT2D eigenvalue weighted by atomic mass is 9.98. The molecule has 0 aromatic heterocycles. The normalized spacial score (nSPS) is 19.4. The number of carbonyl (C=O) groups excluding carboxylic acids is 1. The molecular weight excluding hydrogens is 244 g/mol. The van der Waals surface area contributed by atoms with Gasteiger partial charge in [-0.15, -0.1) is 0 Å². The number of carbonyl (C=O) groups is 1. The lowest BCUT2D eigenvalue weighted by Gasteiger charge is -2.32. The van der Waals surface area contributed by atoms with Gasteiger partial charge in [-0.3, -0.25) is 4.79 Å². The van der Waals surface area contributed by atoms with Crippen molar-refractivity contribution in [3.8, 4) is 5.75 Å². The summed E-state index contributed by atoms with van der Waals surface area (Å²) in [4.78, 5) is 14.2. The SMILES string of the molecule is COCC1CCCN(C(=O)c2ccc(N)c(O)c2)C1. The van der Waals surface area contributed by atoms with E-state index in [0.29, 0.717) is 24.6 Å². The maximum absolute atomic E-state index is 12.3. The number of nitrogens with zero attached hydrogens (tertiary/aromatic N) is 1. The average molecular weight is 264 g/mol. The Morgan fingerprint density at radius 1 is 1.58 bits per heavy atom. The Hall–Kier alpha value is -1.75. The Bertz CT molecular complexity index is 460. The number of anilines is 1. The summed E-state index contributed by atoms with van der Waals surface area (Å²) in [7, 11) is 1.68. The first kappa shape index (κ1) is 13.7. The van der Waals surface area contributed by atoms with Crippen LogP contribution < -0.4 is 5.73 Å². The fraction of sp³-hybridized carbons (Fsp3) is 0.500. The van der Waals surface area contributed by atoms with Gasteiger partial charge in [0.05, 0.1) is 12.3 Å². The molecule has 5 heteroatoms. The third kappa shape index (κ3) is 3.17. The number of hydrogen-bond donors (Lipinski definition) is 2. The number of nitrogen functional groups attached to an aromatic ring is 1. The van der Waals surface area contributed by atoms with E-state index in [9.17, 15) is 9.90 Å². The van der Waals surface area contributed by atoms with Crippen molar-refractivity contribution in [1.29, 1.82) is 0 Å². The van der Waals surface area contributed by atoms with Crippen LogP contribution in [-0.4, -0.2) is 42.7 Å². The molecule has 0 spiro atoms. The molecule has 19 heavy (non-hydrogen) atoms. The molecule has 0 saturated carbocycles. The highest BCUT2D eigenvalue weighted by molar-refractivity contribution is 5.95. The minimum Gasteiger partial charge on any atom is -0.506 e. The molecule has 0 bridgehead atoms. The van der Waals surface area contributed by atoms with Gasteiger partial charge < -0.3 is 20.5 Å². The van der Waals surface area contributed by atoms with E-state index in [1.165, 1.54) is 6.07 Å². The van der Waals surface area contributed by atoms with Gasteiger partial charge in [-0.1, -0.05) is 0 Å². The number of amides is 1. The molecule has 104 valence electrons. The van der Waals surface area contributed by atoms with Crippen LogP contribution in [0.1, 0.15) is 23.2 Å². The molecule has 3 N–H and O–H groups in total. The van der Waals surface area contributed by atoms with Crippen LogP contribution in [0.5, 0.6) is 5.75 Å². The molecule has 1 atom stereocenters. The minimum atomic E-state index is -0.0592. The number of phenolic OH excluding ortho intramolecular Hbond substituents is 1. The van der Waals surface area contributed by atoms with Crippen molar-refractivity contribution in [2.24, 2.45) is 5.92 Å². The van der Waals surface area contributed by atoms with Crippen LogP contribution in [0, 0.1) is 5.92 Å². The molecular formula is C14H20N2O3. The summed E-state index contributed by atoms with van der Waals surface area (Å²) in [6.07, 6.45) is 2.07. The van der Waals surface area contributed by atoms with E-state index in [1.807, 2.05) is 4.90 Å². The Kier molecular flexibility index (Phi) is 4.27. The maximum Gasteiger partial charge on any atom is 0.254 e. The maximum atomic E-state index is 12.3. The largest absolute Gasteiger partial charge is 0.506 e. The number of aromatic hydroxyl groups is 1. The summed E-state index contributed by atoms with van der Waals surface area (Å²) in [5, 5.41) is 9.57. The summed E-state index contributed by atoms with van der Waals surface area (Å²) < 4.78 is 5.16. The van der Waals surface area contributed by atoms with Crippen LogP contribution in [0.3, 0.4) is 0 Å². The monoisotopic (exact) mass is 264 g/mol. The molecule has 1 aliphatic heterocycles. The van der Waals surface area contributed by atoms with E-state index < -0.39 is 0 Å². The molecule has 1 aliphatic rings. The first-order valence-electron chi connectivity index (χ1n) is 6.48. The van der Waals surface area contributed by atoms with Crippen molar-refractivity contribution in [1.82, 2.24) is 4.90 Å². The number of benzene rings is 1. The van der Waals surface area contributed by atoms with Crippen LogP contribution in [0.2, 0.25) is 0 Å². The average Bonchev–Trinajstić information content (AvgIpc) is 2.42. The molecule has 1 unspecified atom stereocenters. The number of hydrogen-bond acceptors (Lipinski definition) is 4. The summed E-state index contributed by atoms with van der Waals surface area (Å²) in [5.74, 6) is 0.289. The van der Waals surface area contributed by atoms with Gasteiger partial charge in [0.2, 0.25) is 0 Å². The van der Waals surface area contributed by atoms with E-state index in [4.69, 9.17) is 10.5 Å². The van der Waals surface area contributed by atoms with Gasteiger partial charge in [0.15, 0.2) is 0 Å². The van der Waals surface area contributed by atoms with Crippen molar-refractivity contribution >= 4 is 11.6 Å². The van der Waals surface area contributed by atoms with Crippen LogP contribution in [0.25, 0.3) is 0 Å². The second kappa shape index (κ2) is 5.93. The predicted molar refractivity (Wildman–Crippen MR) is 73.0 cm³/mol. The topological polar surface area (TPSA) is 75.8 Å². The van der Waals surface area contributed by atoms with Crippen molar-refractivity contribution in [2.45, 2.75) is 12.8 Å². The lowest BCUT2D eigenvalue weighted by Crippen LogP contribution is -2.41. The zero-order valence-electron chi connectivity index (χ0n) is 11.1. The van der Waals surface area contributed by atoms with Crippen molar-refractivity contribution in [2.75, 3.05) is 32.5 Å². The third-order valence-corrected chi connectivity index (χ3v) is 3.49. The van der Waals surface area contributed by atoms with Crippen molar-refractivity contribution < 1.29 is 14.6 Å². The van der Waals surface area contributed by atoms with Crippen molar-refractivity contribution in [3.05, 3.63) is 23.8 Å². The highest BCUT2D eigenvalue weighted by Crippen LogP contribution is 2.23. The molecule has 1 fully saturated rings. The zero-order chi connectivity index (χ0) is 13.8. The number of phenols is 1. The molecule has 2 rings (SSSR count). The van der Waals surface area contributed by atoms with Gasteiger partial charge in [-0.2, -0.15) is 0 Å². The number of likely N-dealkylation sites (tertiary alicyclic amines) is 1. The first-order valence-corrected chi connectivity index (χ1v) is 6.48. The molecule has 1 saturated heterocycles. The smallest absolute Gasteiger partial charge is 0.254 e. The minimum absolute atomic E-state index is 0.0451. The van der Waals surface area contributed by atoms with Crippen LogP contribution in [0.4, 0.5) is 5.69 Å². The summed E-state index contributed by atoms with van der Waals surface area (Å²) in [6.45, 7) is 2.14. The molecule has 0 aliphatic carbocycles. The zero-order valence-corrected chi connectivity index (χ0v) is 11.1. The van der Waals surface area contributed by atoms with Gasteiger partial charge in [-0.25, -0.2) is 0 Å². The molecule has 1 heterocycles. The van der Waals surface area contributed by atoms with E-state index in [0.717, 1.165) is 19.4 Å². The number of ether oxygens (including phenoxy) is 1. The van der Waals surface area contributed by atoms with Gasteiger partial charge in [0.1, 0.15) is 5.75 Å². The van der Waals surface area contributed by atoms with Gasteiger partial charge in [-0.05, 0) is 37.0 Å². The Morgan fingerprint density at radius 3 is 3.05 bits per heavy atom. The Morgan fingerprint density at radius 2 is 2.37 bits per heavy atom. The number of methoxy groups -OCH3 is 1. The van der Waals surface area contributed by atoms with Crippen LogP contribution in [0.15, 0.2) is 18.2 Å². The summed E-state index contributed by atoms with van der Waals surface area (Å²) >= 11 is 0. The van der Waals surface area contributed by atoms with Gasteiger partial charge in [0, 0.05) is 25.8 Å². The third-order valence-electron chi connectivity index (χ3n) is 3.49. The van der Waals surface area contributed by atoms with E-state index >= 15 is 0 Å². The molecule has 1 aromatic carbocycles. The predicted octanol–water partition coefficient (Wildman–Crippen LogP) is 1.47. The first-order chi connectivity index (χ1) is 9.11. The highest BCUT2D eigenvalue weighted by atomic mass is 16.5. The second-order valence-corrected chi connectivity index (χ2v) is 4.99. The standard InChI is InChI=1S/C14H20N2O3/c1-19-9-10-3-2-6-16(8-10)14(18)11-4-5-12(15)13(17)7-11/h4-5,7,10,17H,2-3,6,8-9,15H2,1H3. The molecule has 1 aromatic rings. The highest BCUT2D eigenvalue weighted by Gasteiger charge is 2.24. The molecule has 5 nitrogen and oxygen atoms in total. The Labute approximate surface area is 113 Å². The number of piperidine rings is 1. The van der Waals surface area contributed by atoms with Gasteiger partial charge in [0.25, 0.3) is 5.91 Å². The van der Waals surface area contributed by atoms with E-state index in [-0.39, 0.29) is 17.3 Å². The number of nitrogens with two attached hydrogens (primary N) is 1. The fourth-order valence-electron chi connectivity index (χ4n) is 2.48. The molecule has 0 radical (unpaired) electrons. The second-order valence-electron chi connectivity index (χ2n) is 4.99.